The molecule has 2 aliphatic rings. The second kappa shape index (κ2) is 9.69. The highest BCUT2D eigenvalue weighted by Gasteiger charge is 2.25. The van der Waals surface area contributed by atoms with E-state index >= 15 is 0 Å². The van der Waals surface area contributed by atoms with Crippen molar-refractivity contribution >= 4 is 15.9 Å². The standard InChI is InChI=1S/C21H32N2O3S/c24-21(22-19-9-5-2-1-3-6-10-19)17-18-11-13-20(14-12-18)27(25,26)23-15-7-4-8-16-23/h11-14,19H,1-10,15-17H2,(H,22,24). The fourth-order valence-electron chi connectivity index (χ4n) is 4.10. The SMILES string of the molecule is O=C(Cc1ccc(S(=O)(=O)N2CCCCC2)cc1)NC1CCCCCCC1. The molecule has 1 heterocycles. The summed E-state index contributed by atoms with van der Waals surface area (Å²) in [6.07, 6.45) is 11.6. The molecule has 0 unspecified atom stereocenters. The molecule has 1 saturated carbocycles. The van der Waals surface area contributed by atoms with Crippen molar-refractivity contribution in [3.8, 4) is 0 Å². The Balaban J connectivity index is 1.55. The first kappa shape index (κ1) is 20.3. The fraction of sp³-hybridized carbons (Fsp3) is 0.667. The molecule has 150 valence electrons. The van der Waals surface area contributed by atoms with Crippen molar-refractivity contribution in [2.24, 2.45) is 0 Å². The molecule has 1 aromatic carbocycles. The molecule has 1 amide bonds. The van der Waals surface area contributed by atoms with E-state index in [-0.39, 0.29) is 11.9 Å². The van der Waals surface area contributed by atoms with Gasteiger partial charge in [0.2, 0.25) is 15.9 Å². The van der Waals surface area contributed by atoms with Crippen LogP contribution in [-0.4, -0.2) is 37.8 Å². The lowest BCUT2D eigenvalue weighted by molar-refractivity contribution is -0.121. The summed E-state index contributed by atoms with van der Waals surface area (Å²) in [5.74, 6) is 0.0345. The number of hydrogen-bond donors (Lipinski definition) is 1. The van der Waals surface area contributed by atoms with Gasteiger partial charge in [0.1, 0.15) is 0 Å². The number of hydrogen-bond acceptors (Lipinski definition) is 3. The summed E-state index contributed by atoms with van der Waals surface area (Å²) < 4.78 is 27.0. The summed E-state index contributed by atoms with van der Waals surface area (Å²) >= 11 is 0. The van der Waals surface area contributed by atoms with Crippen LogP contribution in [0.5, 0.6) is 0 Å². The molecule has 0 bridgehead atoms. The first-order valence-electron chi connectivity index (χ1n) is 10.4. The van der Waals surface area contributed by atoms with Gasteiger partial charge in [0.15, 0.2) is 0 Å². The number of benzene rings is 1. The van der Waals surface area contributed by atoms with Crippen LogP contribution in [0.4, 0.5) is 0 Å². The Bertz CT molecular complexity index is 701. The summed E-state index contributed by atoms with van der Waals surface area (Å²) in [6, 6.07) is 7.12. The van der Waals surface area contributed by atoms with Crippen LogP contribution in [0.3, 0.4) is 0 Å². The van der Waals surface area contributed by atoms with E-state index in [4.69, 9.17) is 0 Å². The molecule has 3 rings (SSSR count). The van der Waals surface area contributed by atoms with Crippen molar-refractivity contribution in [3.05, 3.63) is 29.8 Å². The van der Waals surface area contributed by atoms with Gasteiger partial charge in [-0.1, -0.05) is 50.7 Å². The number of carbonyl (C=O) groups is 1. The molecule has 1 N–H and O–H groups in total. The zero-order chi connectivity index (χ0) is 19.1. The quantitative estimate of drug-likeness (QED) is 0.832. The lowest BCUT2D eigenvalue weighted by atomic mass is 9.96. The van der Waals surface area contributed by atoms with Crippen molar-refractivity contribution in [1.82, 2.24) is 9.62 Å². The predicted molar refractivity (Wildman–Crippen MR) is 107 cm³/mol. The zero-order valence-corrected chi connectivity index (χ0v) is 17.0. The van der Waals surface area contributed by atoms with Gasteiger partial charge in [-0.25, -0.2) is 8.42 Å². The molecule has 1 aromatic rings. The van der Waals surface area contributed by atoms with Crippen molar-refractivity contribution in [1.29, 1.82) is 0 Å². The normalized spacial score (nSPS) is 20.6. The molecule has 6 heteroatoms. The van der Waals surface area contributed by atoms with E-state index in [2.05, 4.69) is 5.32 Å². The van der Waals surface area contributed by atoms with E-state index in [0.717, 1.165) is 37.7 Å². The smallest absolute Gasteiger partial charge is 0.243 e. The molecule has 1 aliphatic carbocycles. The Morgan fingerprint density at radius 2 is 1.44 bits per heavy atom. The largest absolute Gasteiger partial charge is 0.353 e. The second-order valence-corrected chi connectivity index (χ2v) is 9.83. The molecule has 0 atom stereocenters. The molecule has 0 spiro atoms. The molecule has 0 radical (unpaired) electrons. The highest BCUT2D eigenvalue weighted by atomic mass is 32.2. The van der Waals surface area contributed by atoms with E-state index in [1.807, 2.05) is 0 Å². The van der Waals surface area contributed by atoms with Gasteiger partial charge in [0.25, 0.3) is 0 Å². The molecule has 27 heavy (non-hydrogen) atoms. The van der Waals surface area contributed by atoms with E-state index in [0.29, 0.717) is 24.4 Å². The van der Waals surface area contributed by atoms with Gasteiger partial charge in [-0.15, -0.1) is 0 Å². The van der Waals surface area contributed by atoms with Crippen LogP contribution in [0.2, 0.25) is 0 Å². The van der Waals surface area contributed by atoms with E-state index in [9.17, 15) is 13.2 Å². The Morgan fingerprint density at radius 1 is 0.889 bits per heavy atom. The number of sulfonamides is 1. The minimum absolute atomic E-state index is 0.0345. The first-order valence-corrected chi connectivity index (χ1v) is 11.9. The summed E-state index contributed by atoms with van der Waals surface area (Å²) in [6.45, 7) is 1.21. The maximum atomic E-state index is 12.7. The number of carbonyl (C=O) groups excluding carboxylic acids is 1. The Morgan fingerprint density at radius 3 is 2.07 bits per heavy atom. The third kappa shape index (κ3) is 5.79. The van der Waals surface area contributed by atoms with Crippen LogP contribution in [0.15, 0.2) is 29.2 Å². The van der Waals surface area contributed by atoms with Crippen LogP contribution >= 0.6 is 0 Å². The fourth-order valence-corrected chi connectivity index (χ4v) is 5.62. The number of amides is 1. The van der Waals surface area contributed by atoms with Crippen LogP contribution in [-0.2, 0) is 21.2 Å². The Labute approximate surface area is 163 Å². The van der Waals surface area contributed by atoms with Gasteiger partial charge in [0, 0.05) is 19.1 Å². The van der Waals surface area contributed by atoms with Gasteiger partial charge < -0.3 is 5.32 Å². The number of piperidine rings is 1. The van der Waals surface area contributed by atoms with E-state index < -0.39 is 10.0 Å². The van der Waals surface area contributed by atoms with Crippen molar-refractivity contribution in [3.63, 3.8) is 0 Å². The molecule has 5 nitrogen and oxygen atoms in total. The van der Waals surface area contributed by atoms with Gasteiger partial charge in [-0.05, 0) is 43.4 Å². The summed E-state index contributed by atoms with van der Waals surface area (Å²) in [7, 11) is -3.40. The van der Waals surface area contributed by atoms with Gasteiger partial charge in [-0.2, -0.15) is 4.31 Å². The molecule has 2 fully saturated rings. The van der Waals surface area contributed by atoms with Crippen LogP contribution in [0.25, 0.3) is 0 Å². The van der Waals surface area contributed by atoms with Crippen molar-refractivity contribution in [2.75, 3.05) is 13.1 Å². The third-order valence-corrected chi connectivity index (χ3v) is 7.62. The third-order valence-electron chi connectivity index (χ3n) is 5.71. The van der Waals surface area contributed by atoms with Gasteiger partial charge >= 0.3 is 0 Å². The average molecular weight is 393 g/mol. The summed E-state index contributed by atoms with van der Waals surface area (Å²) in [5.41, 5.74) is 0.857. The zero-order valence-electron chi connectivity index (χ0n) is 16.2. The minimum Gasteiger partial charge on any atom is -0.353 e. The average Bonchev–Trinajstić information content (AvgIpc) is 2.65. The van der Waals surface area contributed by atoms with Crippen LogP contribution < -0.4 is 5.32 Å². The molecular formula is C21H32N2O3S. The Kier molecular flexibility index (Phi) is 7.30. The molecule has 1 aliphatic heterocycles. The highest BCUT2D eigenvalue weighted by molar-refractivity contribution is 7.89. The highest BCUT2D eigenvalue weighted by Crippen LogP contribution is 2.21. The molecule has 1 saturated heterocycles. The maximum absolute atomic E-state index is 12.7. The Hall–Kier alpha value is -1.40. The van der Waals surface area contributed by atoms with Crippen molar-refractivity contribution in [2.45, 2.75) is 81.6 Å². The number of nitrogens with zero attached hydrogens (tertiary/aromatic N) is 1. The topological polar surface area (TPSA) is 66.5 Å². The monoisotopic (exact) mass is 392 g/mol. The van der Waals surface area contributed by atoms with Crippen LogP contribution in [0, 0.1) is 0 Å². The second-order valence-electron chi connectivity index (χ2n) is 7.90. The molecule has 0 aromatic heterocycles. The first-order chi connectivity index (χ1) is 13.1. The lowest BCUT2D eigenvalue weighted by Crippen LogP contribution is -2.36. The summed E-state index contributed by atoms with van der Waals surface area (Å²) in [4.78, 5) is 12.7. The number of rotatable bonds is 5. The minimum atomic E-state index is -3.40. The van der Waals surface area contributed by atoms with E-state index in [1.54, 1.807) is 28.6 Å². The van der Waals surface area contributed by atoms with Crippen LogP contribution in [0.1, 0.15) is 69.8 Å². The van der Waals surface area contributed by atoms with E-state index in [1.165, 1.54) is 32.1 Å². The van der Waals surface area contributed by atoms with Gasteiger partial charge in [-0.3, -0.25) is 4.79 Å². The predicted octanol–water partition coefficient (Wildman–Crippen LogP) is 3.63. The maximum Gasteiger partial charge on any atom is 0.243 e. The van der Waals surface area contributed by atoms with Gasteiger partial charge in [0.05, 0.1) is 11.3 Å². The molecular weight excluding hydrogens is 360 g/mol. The number of nitrogens with one attached hydrogen (secondary N) is 1. The summed E-state index contributed by atoms with van der Waals surface area (Å²) in [5, 5.41) is 3.17. The lowest BCUT2D eigenvalue weighted by Gasteiger charge is -2.25. The van der Waals surface area contributed by atoms with Crippen molar-refractivity contribution < 1.29 is 13.2 Å².